The Bertz CT molecular complexity index is 527. The summed E-state index contributed by atoms with van der Waals surface area (Å²) in [7, 11) is 0. The molecule has 0 radical (unpaired) electrons. The topological polar surface area (TPSA) is 38.1 Å². The Morgan fingerprint density at radius 2 is 2.28 bits per heavy atom. The normalized spacial score (nSPS) is 10.8. The van der Waals surface area contributed by atoms with E-state index in [-0.39, 0.29) is 5.82 Å². The molecule has 0 saturated carbocycles. The molecule has 0 spiro atoms. The highest BCUT2D eigenvalue weighted by atomic mass is 79.9. The van der Waals surface area contributed by atoms with Crippen LogP contribution in [0.1, 0.15) is 12.8 Å². The van der Waals surface area contributed by atoms with E-state index in [1.54, 1.807) is 12.3 Å². The van der Waals surface area contributed by atoms with Crippen molar-refractivity contribution in [1.82, 2.24) is 10.3 Å². The van der Waals surface area contributed by atoms with Crippen LogP contribution in [0.5, 0.6) is 0 Å². The number of benzene rings is 1. The van der Waals surface area contributed by atoms with Crippen LogP contribution in [-0.4, -0.2) is 18.1 Å². The van der Waals surface area contributed by atoms with Gasteiger partial charge in [-0.25, -0.2) is 9.37 Å². The molecular weight excluding hydrogens is 299 g/mol. The lowest BCUT2D eigenvalue weighted by Crippen LogP contribution is -2.16. The van der Waals surface area contributed by atoms with E-state index in [2.05, 4.69) is 33.2 Å². The van der Waals surface area contributed by atoms with Crippen LogP contribution >= 0.6 is 15.9 Å². The van der Waals surface area contributed by atoms with Gasteiger partial charge < -0.3 is 9.73 Å². The zero-order valence-corrected chi connectivity index (χ0v) is 11.6. The van der Waals surface area contributed by atoms with Gasteiger partial charge in [0.25, 0.3) is 0 Å². The van der Waals surface area contributed by atoms with Gasteiger partial charge in [-0.3, -0.25) is 0 Å². The van der Waals surface area contributed by atoms with E-state index in [1.807, 2.05) is 0 Å². The molecule has 2 aromatic rings. The number of hydrogen-bond acceptors (Lipinski definition) is 3. The van der Waals surface area contributed by atoms with Crippen LogP contribution in [-0.2, 0) is 6.42 Å². The van der Waals surface area contributed by atoms with Gasteiger partial charge in [-0.15, -0.1) is 0 Å². The third-order valence-electron chi connectivity index (χ3n) is 2.52. The molecule has 0 bridgehead atoms. The second-order valence-electron chi connectivity index (χ2n) is 3.85. The lowest BCUT2D eigenvalue weighted by molar-refractivity contribution is 0.497. The van der Waals surface area contributed by atoms with Gasteiger partial charge in [0.05, 0.1) is 6.20 Å². The Morgan fingerprint density at radius 1 is 1.44 bits per heavy atom. The zero-order valence-electron chi connectivity index (χ0n) is 10.0. The second-order valence-corrected chi connectivity index (χ2v) is 4.70. The predicted octanol–water partition coefficient (Wildman–Crippen LogP) is 3.40. The molecule has 0 unspecified atom stereocenters. The molecule has 0 aliphatic rings. The molecule has 18 heavy (non-hydrogen) atoms. The van der Waals surface area contributed by atoms with E-state index < -0.39 is 0 Å². The molecule has 0 saturated heterocycles. The minimum atomic E-state index is -0.280. The fourth-order valence-electron chi connectivity index (χ4n) is 1.61. The standard InChI is InChI=1S/C13H14BrFN2O/c1-2-16-6-5-13-17-8-12(18-13)10-4-3-9(15)7-11(10)14/h3-4,7-8,16H,2,5-6H2,1H3. The van der Waals surface area contributed by atoms with Crippen molar-refractivity contribution in [2.75, 3.05) is 13.1 Å². The highest BCUT2D eigenvalue weighted by Crippen LogP contribution is 2.29. The molecule has 5 heteroatoms. The van der Waals surface area contributed by atoms with Crippen molar-refractivity contribution in [3.05, 3.63) is 40.6 Å². The number of nitrogens with zero attached hydrogens (tertiary/aromatic N) is 1. The molecular formula is C13H14BrFN2O. The number of hydrogen-bond donors (Lipinski definition) is 1. The first-order chi connectivity index (χ1) is 8.70. The van der Waals surface area contributed by atoms with Crippen molar-refractivity contribution in [3.8, 4) is 11.3 Å². The third-order valence-corrected chi connectivity index (χ3v) is 3.17. The summed E-state index contributed by atoms with van der Waals surface area (Å²) in [6.45, 7) is 3.81. The number of nitrogens with one attached hydrogen (secondary N) is 1. The molecule has 1 N–H and O–H groups in total. The maximum atomic E-state index is 13.0. The van der Waals surface area contributed by atoms with E-state index in [0.29, 0.717) is 16.1 Å². The molecule has 0 aliphatic carbocycles. The lowest BCUT2D eigenvalue weighted by Gasteiger charge is -2.00. The highest BCUT2D eigenvalue weighted by molar-refractivity contribution is 9.10. The van der Waals surface area contributed by atoms with Gasteiger partial charge >= 0.3 is 0 Å². The van der Waals surface area contributed by atoms with Crippen molar-refractivity contribution < 1.29 is 8.81 Å². The fraction of sp³-hybridized carbons (Fsp3) is 0.308. The van der Waals surface area contributed by atoms with Crippen LogP contribution in [0.15, 0.2) is 33.3 Å². The van der Waals surface area contributed by atoms with Crippen LogP contribution in [0.4, 0.5) is 4.39 Å². The van der Waals surface area contributed by atoms with Gasteiger partial charge in [0.2, 0.25) is 0 Å². The zero-order chi connectivity index (χ0) is 13.0. The molecule has 3 nitrogen and oxygen atoms in total. The third kappa shape index (κ3) is 3.17. The first-order valence-electron chi connectivity index (χ1n) is 5.81. The number of halogens is 2. The molecule has 1 aromatic carbocycles. The molecule has 1 aromatic heterocycles. The SMILES string of the molecule is CCNCCc1ncc(-c2ccc(F)cc2Br)o1. The summed E-state index contributed by atoms with van der Waals surface area (Å²) in [5, 5.41) is 3.21. The van der Waals surface area contributed by atoms with Gasteiger partial charge in [-0.05, 0) is 40.7 Å². The quantitative estimate of drug-likeness (QED) is 0.860. The highest BCUT2D eigenvalue weighted by Gasteiger charge is 2.10. The summed E-state index contributed by atoms with van der Waals surface area (Å²) in [6, 6.07) is 4.49. The maximum absolute atomic E-state index is 13.0. The van der Waals surface area contributed by atoms with Crippen molar-refractivity contribution in [2.24, 2.45) is 0 Å². The number of aromatic nitrogens is 1. The minimum absolute atomic E-state index is 0.280. The molecule has 1 heterocycles. The number of likely N-dealkylation sites (N-methyl/N-ethyl adjacent to an activating group) is 1. The Labute approximate surface area is 114 Å². The smallest absolute Gasteiger partial charge is 0.196 e. The van der Waals surface area contributed by atoms with Gasteiger partial charge in [-0.1, -0.05) is 6.92 Å². The van der Waals surface area contributed by atoms with Crippen LogP contribution in [0, 0.1) is 5.82 Å². The van der Waals surface area contributed by atoms with Crippen molar-refractivity contribution in [2.45, 2.75) is 13.3 Å². The molecule has 0 amide bonds. The fourth-order valence-corrected chi connectivity index (χ4v) is 2.16. The first-order valence-corrected chi connectivity index (χ1v) is 6.61. The summed E-state index contributed by atoms with van der Waals surface area (Å²) in [6.07, 6.45) is 2.41. The summed E-state index contributed by atoms with van der Waals surface area (Å²) in [4.78, 5) is 4.21. The molecule has 0 fully saturated rings. The largest absolute Gasteiger partial charge is 0.441 e. The van der Waals surface area contributed by atoms with Crippen molar-refractivity contribution >= 4 is 15.9 Å². The minimum Gasteiger partial charge on any atom is -0.441 e. The van der Waals surface area contributed by atoms with Gasteiger partial charge in [0, 0.05) is 23.0 Å². The van der Waals surface area contributed by atoms with Crippen molar-refractivity contribution in [1.29, 1.82) is 0 Å². The Kier molecular flexibility index (Phi) is 4.49. The Balaban J connectivity index is 2.13. The van der Waals surface area contributed by atoms with Gasteiger partial charge in [0.1, 0.15) is 5.82 Å². The number of oxazole rings is 1. The summed E-state index contributed by atoms with van der Waals surface area (Å²) in [5.74, 6) is 1.05. The summed E-state index contributed by atoms with van der Waals surface area (Å²) < 4.78 is 19.3. The molecule has 0 atom stereocenters. The van der Waals surface area contributed by atoms with Crippen molar-refractivity contribution in [3.63, 3.8) is 0 Å². The van der Waals surface area contributed by atoms with Crippen LogP contribution in [0.3, 0.4) is 0 Å². The van der Waals surface area contributed by atoms with E-state index in [1.165, 1.54) is 12.1 Å². The van der Waals surface area contributed by atoms with Gasteiger partial charge in [0.15, 0.2) is 11.7 Å². The molecule has 96 valence electrons. The summed E-state index contributed by atoms with van der Waals surface area (Å²) in [5.41, 5.74) is 0.804. The van der Waals surface area contributed by atoms with Crippen LogP contribution in [0.2, 0.25) is 0 Å². The summed E-state index contributed by atoms with van der Waals surface area (Å²) >= 11 is 3.32. The number of rotatable bonds is 5. The Hall–Kier alpha value is -1.20. The Morgan fingerprint density at radius 3 is 3.00 bits per heavy atom. The molecule has 0 aliphatic heterocycles. The maximum Gasteiger partial charge on any atom is 0.196 e. The average Bonchev–Trinajstić information content (AvgIpc) is 2.78. The average molecular weight is 313 g/mol. The van der Waals surface area contributed by atoms with E-state index in [0.717, 1.165) is 25.1 Å². The lowest BCUT2D eigenvalue weighted by atomic mass is 10.2. The van der Waals surface area contributed by atoms with E-state index in [4.69, 9.17) is 4.42 Å². The predicted molar refractivity (Wildman–Crippen MR) is 71.8 cm³/mol. The second kappa shape index (κ2) is 6.11. The van der Waals surface area contributed by atoms with E-state index >= 15 is 0 Å². The molecule has 2 rings (SSSR count). The van der Waals surface area contributed by atoms with E-state index in [9.17, 15) is 4.39 Å². The monoisotopic (exact) mass is 312 g/mol. The van der Waals surface area contributed by atoms with Crippen LogP contribution < -0.4 is 5.32 Å². The van der Waals surface area contributed by atoms with Gasteiger partial charge in [-0.2, -0.15) is 0 Å². The van der Waals surface area contributed by atoms with Crippen LogP contribution in [0.25, 0.3) is 11.3 Å². The first kappa shape index (κ1) is 13.2.